The molecule has 0 radical (unpaired) electrons. The standard InChI is InChI=1S/C19H24N8O3S/c1-20-18(28)25-19-21-11-14(31-19)15-13-10-22-27(12-2-6-29-7-3-12)16(13)24-17(23-15)26-4-8-30-9-5-26/h10-12H,2-9H2,1H3,(H2,20,21,25,28). The number of anilines is 2. The number of fused-ring (bicyclic) bond motifs is 1. The summed E-state index contributed by atoms with van der Waals surface area (Å²) in [5.74, 6) is 0.661. The molecule has 2 aliphatic rings. The molecule has 0 aliphatic carbocycles. The van der Waals surface area contributed by atoms with Gasteiger partial charge in [0.05, 0.1) is 41.4 Å². The molecular weight excluding hydrogens is 420 g/mol. The Morgan fingerprint density at radius 1 is 1.13 bits per heavy atom. The third-order valence-electron chi connectivity index (χ3n) is 5.46. The predicted octanol–water partition coefficient (Wildman–Crippen LogP) is 1.89. The SMILES string of the molecule is CNC(=O)Nc1ncc(-c2nc(N3CCOCC3)nc3c2cnn3C2CCOCC2)s1. The van der Waals surface area contributed by atoms with E-state index in [4.69, 9.17) is 19.4 Å². The molecule has 3 aromatic rings. The van der Waals surface area contributed by atoms with E-state index in [2.05, 4.69) is 25.6 Å². The Labute approximate surface area is 182 Å². The zero-order chi connectivity index (χ0) is 21.2. The largest absolute Gasteiger partial charge is 0.381 e. The first-order valence-electron chi connectivity index (χ1n) is 10.3. The number of urea groups is 1. The van der Waals surface area contributed by atoms with Crippen LogP contribution < -0.4 is 15.5 Å². The third kappa shape index (κ3) is 4.05. The van der Waals surface area contributed by atoms with Crippen LogP contribution in [0.5, 0.6) is 0 Å². The van der Waals surface area contributed by atoms with Crippen LogP contribution in [0.15, 0.2) is 12.4 Å². The van der Waals surface area contributed by atoms with Crippen molar-refractivity contribution in [2.75, 3.05) is 56.8 Å². The number of carbonyl (C=O) groups excluding carboxylic acids is 1. The van der Waals surface area contributed by atoms with E-state index in [0.29, 0.717) is 24.3 Å². The van der Waals surface area contributed by atoms with Crippen molar-refractivity contribution in [3.63, 3.8) is 0 Å². The van der Waals surface area contributed by atoms with Crippen molar-refractivity contribution in [2.24, 2.45) is 0 Å². The van der Waals surface area contributed by atoms with E-state index in [9.17, 15) is 4.79 Å². The lowest BCUT2D eigenvalue weighted by Gasteiger charge is -2.27. The van der Waals surface area contributed by atoms with E-state index in [1.54, 1.807) is 13.2 Å². The molecule has 5 heterocycles. The number of rotatable bonds is 4. The van der Waals surface area contributed by atoms with Crippen LogP contribution in [0.3, 0.4) is 0 Å². The van der Waals surface area contributed by atoms with Crippen LogP contribution in [0.4, 0.5) is 15.9 Å². The predicted molar refractivity (Wildman–Crippen MR) is 117 cm³/mol. The van der Waals surface area contributed by atoms with Crippen molar-refractivity contribution in [1.29, 1.82) is 0 Å². The van der Waals surface area contributed by atoms with Gasteiger partial charge >= 0.3 is 6.03 Å². The van der Waals surface area contributed by atoms with Crippen molar-refractivity contribution >= 4 is 39.5 Å². The van der Waals surface area contributed by atoms with Crippen LogP contribution in [0, 0.1) is 0 Å². The van der Waals surface area contributed by atoms with Crippen molar-refractivity contribution in [1.82, 2.24) is 30.0 Å². The molecule has 0 saturated carbocycles. The molecule has 164 valence electrons. The van der Waals surface area contributed by atoms with Gasteiger partial charge in [-0.3, -0.25) is 5.32 Å². The summed E-state index contributed by atoms with van der Waals surface area (Å²) in [6.45, 7) is 4.23. The summed E-state index contributed by atoms with van der Waals surface area (Å²) in [5, 5.41) is 11.3. The zero-order valence-corrected chi connectivity index (χ0v) is 18.0. The fourth-order valence-electron chi connectivity index (χ4n) is 3.80. The Hall–Kier alpha value is -2.83. The van der Waals surface area contributed by atoms with Gasteiger partial charge in [0.1, 0.15) is 0 Å². The summed E-state index contributed by atoms with van der Waals surface area (Å²) >= 11 is 1.37. The Bertz CT molecular complexity index is 1070. The van der Waals surface area contributed by atoms with Gasteiger partial charge in [-0.2, -0.15) is 10.1 Å². The number of morpholine rings is 1. The second-order valence-electron chi connectivity index (χ2n) is 7.38. The quantitative estimate of drug-likeness (QED) is 0.626. The maximum absolute atomic E-state index is 11.7. The molecule has 2 N–H and O–H groups in total. The molecule has 11 nitrogen and oxygen atoms in total. The lowest BCUT2D eigenvalue weighted by molar-refractivity contribution is 0.0673. The van der Waals surface area contributed by atoms with Crippen molar-refractivity contribution in [3.8, 4) is 10.6 Å². The van der Waals surface area contributed by atoms with E-state index < -0.39 is 0 Å². The fraction of sp³-hybridized carbons (Fsp3) is 0.526. The van der Waals surface area contributed by atoms with Gasteiger partial charge in [-0.05, 0) is 12.8 Å². The highest BCUT2D eigenvalue weighted by Crippen LogP contribution is 2.35. The first kappa shape index (κ1) is 20.1. The molecule has 0 bridgehead atoms. The fourth-order valence-corrected chi connectivity index (χ4v) is 4.62. The molecule has 5 rings (SSSR count). The molecule has 0 spiro atoms. The second-order valence-corrected chi connectivity index (χ2v) is 8.41. The first-order valence-corrected chi connectivity index (χ1v) is 11.1. The number of thiazole rings is 1. The van der Waals surface area contributed by atoms with Crippen LogP contribution in [0.2, 0.25) is 0 Å². The van der Waals surface area contributed by atoms with Crippen LogP contribution in [-0.2, 0) is 9.47 Å². The molecule has 0 aromatic carbocycles. The van der Waals surface area contributed by atoms with Gasteiger partial charge in [0.25, 0.3) is 0 Å². The minimum absolute atomic E-state index is 0.249. The number of hydrogen-bond acceptors (Lipinski definition) is 9. The Morgan fingerprint density at radius 3 is 2.68 bits per heavy atom. The summed E-state index contributed by atoms with van der Waals surface area (Å²) in [5.41, 5.74) is 1.58. The summed E-state index contributed by atoms with van der Waals surface area (Å²) in [6.07, 6.45) is 5.37. The number of aromatic nitrogens is 5. The average Bonchev–Trinajstić information content (AvgIpc) is 3.46. The summed E-state index contributed by atoms with van der Waals surface area (Å²) in [7, 11) is 1.57. The minimum atomic E-state index is -0.310. The van der Waals surface area contributed by atoms with Gasteiger partial charge in [0.15, 0.2) is 10.8 Å². The Morgan fingerprint density at radius 2 is 1.90 bits per heavy atom. The summed E-state index contributed by atoms with van der Waals surface area (Å²) < 4.78 is 13.0. The number of nitrogens with one attached hydrogen (secondary N) is 2. The zero-order valence-electron chi connectivity index (χ0n) is 17.2. The Kier molecular flexibility index (Phi) is 5.66. The Balaban J connectivity index is 1.58. The van der Waals surface area contributed by atoms with E-state index in [1.807, 2.05) is 10.9 Å². The van der Waals surface area contributed by atoms with Crippen LogP contribution in [0.25, 0.3) is 21.6 Å². The molecule has 12 heteroatoms. The van der Waals surface area contributed by atoms with Gasteiger partial charge in [-0.1, -0.05) is 11.3 Å². The minimum Gasteiger partial charge on any atom is -0.381 e. The molecule has 3 aromatic heterocycles. The van der Waals surface area contributed by atoms with E-state index in [0.717, 1.165) is 60.7 Å². The van der Waals surface area contributed by atoms with Crippen LogP contribution >= 0.6 is 11.3 Å². The third-order valence-corrected chi connectivity index (χ3v) is 6.38. The number of ether oxygens (including phenoxy) is 2. The molecular formula is C19H24N8O3S. The molecule has 0 unspecified atom stereocenters. The molecule has 2 aliphatic heterocycles. The van der Waals surface area contributed by atoms with Crippen molar-refractivity contribution in [3.05, 3.63) is 12.4 Å². The smallest absolute Gasteiger partial charge is 0.320 e. The second kappa shape index (κ2) is 8.73. The van der Waals surface area contributed by atoms with E-state index in [-0.39, 0.29) is 12.1 Å². The van der Waals surface area contributed by atoms with Gasteiger partial charge < -0.3 is 19.7 Å². The highest BCUT2D eigenvalue weighted by Gasteiger charge is 2.24. The van der Waals surface area contributed by atoms with Gasteiger partial charge in [-0.15, -0.1) is 0 Å². The van der Waals surface area contributed by atoms with Gasteiger partial charge in [-0.25, -0.2) is 19.4 Å². The van der Waals surface area contributed by atoms with E-state index >= 15 is 0 Å². The highest BCUT2D eigenvalue weighted by atomic mass is 32.1. The number of carbonyl (C=O) groups is 1. The molecule has 0 atom stereocenters. The number of nitrogens with zero attached hydrogens (tertiary/aromatic N) is 6. The maximum atomic E-state index is 11.7. The topological polar surface area (TPSA) is 119 Å². The van der Waals surface area contributed by atoms with Crippen molar-refractivity contribution in [2.45, 2.75) is 18.9 Å². The van der Waals surface area contributed by atoms with Crippen LogP contribution in [-0.4, -0.2) is 77.3 Å². The number of amides is 2. The van der Waals surface area contributed by atoms with Crippen molar-refractivity contribution < 1.29 is 14.3 Å². The highest BCUT2D eigenvalue weighted by molar-refractivity contribution is 7.19. The molecule has 31 heavy (non-hydrogen) atoms. The normalized spacial score (nSPS) is 17.8. The molecule has 2 fully saturated rings. The van der Waals surface area contributed by atoms with E-state index in [1.165, 1.54) is 11.3 Å². The van der Waals surface area contributed by atoms with Gasteiger partial charge in [0.2, 0.25) is 5.95 Å². The van der Waals surface area contributed by atoms with Gasteiger partial charge in [0, 0.05) is 39.5 Å². The first-order chi connectivity index (χ1) is 15.2. The van der Waals surface area contributed by atoms with Crippen LogP contribution in [0.1, 0.15) is 18.9 Å². The summed E-state index contributed by atoms with van der Waals surface area (Å²) in [6, 6.07) is -0.0615. The maximum Gasteiger partial charge on any atom is 0.320 e. The number of hydrogen-bond donors (Lipinski definition) is 2. The average molecular weight is 445 g/mol. The molecule has 2 amide bonds. The monoisotopic (exact) mass is 444 g/mol. The summed E-state index contributed by atoms with van der Waals surface area (Å²) in [4.78, 5) is 28.8. The lowest BCUT2D eigenvalue weighted by atomic mass is 10.1. The molecule has 2 saturated heterocycles. The lowest BCUT2D eigenvalue weighted by Crippen LogP contribution is -2.37.